The van der Waals surface area contributed by atoms with Crippen molar-refractivity contribution in [3.63, 3.8) is 0 Å². The number of ether oxygens (including phenoxy) is 1. The van der Waals surface area contributed by atoms with Gasteiger partial charge in [-0.25, -0.2) is 4.79 Å². The van der Waals surface area contributed by atoms with Crippen LogP contribution in [0.1, 0.15) is 90.0 Å². The van der Waals surface area contributed by atoms with Gasteiger partial charge in [0.05, 0.1) is 6.04 Å². The Morgan fingerprint density at radius 2 is 1.30 bits per heavy atom. The molecule has 2 rings (SSSR count). The Kier molecular flexibility index (Phi) is 12.6. The fraction of sp³-hybridized carbons (Fsp3) is 0.667. The minimum Gasteiger partial charge on any atom is -0.462 e. The van der Waals surface area contributed by atoms with Gasteiger partial charge in [0.1, 0.15) is 12.6 Å². The number of hydrogen-bond acceptors (Lipinski definition) is 4. The highest BCUT2D eigenvalue weighted by Gasteiger charge is 2.26. The van der Waals surface area contributed by atoms with Crippen LogP contribution in [0.3, 0.4) is 0 Å². The van der Waals surface area contributed by atoms with E-state index in [-0.39, 0.29) is 30.4 Å². The number of cyclic esters (lactones) is 1. The minimum atomic E-state index is -0.684. The lowest BCUT2D eigenvalue weighted by molar-refractivity contribution is -0.150. The Morgan fingerprint density at radius 1 is 0.788 bits per heavy atom. The highest BCUT2D eigenvalue weighted by molar-refractivity contribution is 5.84. The molecular formula is C27H42N2O4. The normalized spacial score (nSPS) is 23.3. The molecule has 6 nitrogen and oxygen atoms in total. The smallest absolute Gasteiger partial charge is 0.328 e. The zero-order valence-corrected chi connectivity index (χ0v) is 20.4. The third-order valence-electron chi connectivity index (χ3n) is 6.16. The summed E-state index contributed by atoms with van der Waals surface area (Å²) in [6.07, 6.45) is 11.2. The third kappa shape index (κ3) is 11.4. The molecule has 33 heavy (non-hydrogen) atoms. The average molecular weight is 459 g/mol. The molecule has 1 aliphatic rings. The molecule has 1 aromatic rings. The largest absolute Gasteiger partial charge is 0.462 e. The van der Waals surface area contributed by atoms with Gasteiger partial charge in [-0.3, -0.25) is 9.59 Å². The van der Waals surface area contributed by atoms with E-state index in [1.807, 2.05) is 44.2 Å². The zero-order chi connectivity index (χ0) is 23.9. The van der Waals surface area contributed by atoms with Crippen LogP contribution >= 0.6 is 0 Å². The van der Waals surface area contributed by atoms with Crippen molar-refractivity contribution in [2.75, 3.05) is 6.61 Å². The molecule has 1 heterocycles. The Labute approximate surface area is 199 Å². The molecule has 0 spiro atoms. The molecular weight excluding hydrogens is 416 g/mol. The first-order chi connectivity index (χ1) is 16.0. The molecule has 0 aliphatic carbocycles. The van der Waals surface area contributed by atoms with Crippen LogP contribution in [-0.4, -0.2) is 36.5 Å². The molecule has 184 valence electrons. The summed E-state index contributed by atoms with van der Waals surface area (Å²) in [5, 5.41) is 5.92. The third-order valence-corrected chi connectivity index (χ3v) is 6.16. The van der Waals surface area contributed by atoms with Gasteiger partial charge in [0.2, 0.25) is 11.8 Å². The second kappa shape index (κ2) is 15.5. The fourth-order valence-electron chi connectivity index (χ4n) is 4.17. The predicted molar refractivity (Wildman–Crippen MR) is 131 cm³/mol. The number of rotatable bonds is 3. The van der Waals surface area contributed by atoms with Gasteiger partial charge in [-0.2, -0.15) is 0 Å². The Hall–Kier alpha value is -2.37. The summed E-state index contributed by atoms with van der Waals surface area (Å²) in [5.74, 6) is -0.633. The standard InChI is InChI=1S/C27H42N2O4/c1-21(2)26-27(32)33-20-23(19-22-15-11-10-12-16-22)28-24(30)17-13-8-6-4-3-5-7-9-14-18-25(31)29-26/h10-12,15-16,21,23,26H,3-9,13-14,17-20H2,1-2H3,(H,28,30)(H,29,31)/t23-,26-/m0/s1. The van der Waals surface area contributed by atoms with E-state index in [1.165, 1.54) is 19.3 Å². The number of esters is 1. The number of hydrogen-bond donors (Lipinski definition) is 2. The van der Waals surface area contributed by atoms with Gasteiger partial charge >= 0.3 is 5.97 Å². The maximum Gasteiger partial charge on any atom is 0.328 e. The summed E-state index contributed by atoms with van der Waals surface area (Å²) in [5.41, 5.74) is 1.07. The summed E-state index contributed by atoms with van der Waals surface area (Å²) >= 11 is 0. The van der Waals surface area contributed by atoms with Crippen LogP contribution in [0.25, 0.3) is 0 Å². The van der Waals surface area contributed by atoms with Crippen molar-refractivity contribution in [1.29, 1.82) is 0 Å². The van der Waals surface area contributed by atoms with Gasteiger partial charge in [0.25, 0.3) is 0 Å². The molecule has 1 aromatic carbocycles. The van der Waals surface area contributed by atoms with Gasteiger partial charge in [-0.15, -0.1) is 0 Å². The van der Waals surface area contributed by atoms with Crippen LogP contribution in [0.2, 0.25) is 0 Å². The van der Waals surface area contributed by atoms with Gasteiger partial charge in [0, 0.05) is 12.8 Å². The number of carbonyl (C=O) groups is 3. The van der Waals surface area contributed by atoms with E-state index in [0.29, 0.717) is 19.3 Å². The van der Waals surface area contributed by atoms with Gasteiger partial charge in [0.15, 0.2) is 0 Å². The summed E-state index contributed by atoms with van der Waals surface area (Å²) in [7, 11) is 0. The topological polar surface area (TPSA) is 84.5 Å². The summed E-state index contributed by atoms with van der Waals surface area (Å²) in [6.45, 7) is 3.88. The molecule has 2 amide bonds. The molecule has 0 radical (unpaired) electrons. The summed E-state index contributed by atoms with van der Waals surface area (Å²) < 4.78 is 5.61. The molecule has 1 saturated heterocycles. The number of carbonyl (C=O) groups excluding carboxylic acids is 3. The molecule has 0 saturated carbocycles. The van der Waals surface area contributed by atoms with Crippen molar-refractivity contribution in [2.45, 2.75) is 103 Å². The van der Waals surface area contributed by atoms with Gasteiger partial charge in [-0.05, 0) is 30.7 Å². The second-order valence-electron chi connectivity index (χ2n) is 9.56. The molecule has 2 atom stereocenters. The van der Waals surface area contributed by atoms with Crippen LogP contribution in [0.5, 0.6) is 0 Å². The molecule has 1 aliphatic heterocycles. The molecule has 0 bridgehead atoms. The quantitative estimate of drug-likeness (QED) is 0.643. The lowest BCUT2D eigenvalue weighted by Crippen LogP contribution is -2.47. The first-order valence-corrected chi connectivity index (χ1v) is 12.7. The summed E-state index contributed by atoms with van der Waals surface area (Å²) in [6, 6.07) is 8.88. The molecule has 0 aromatic heterocycles. The Morgan fingerprint density at radius 3 is 1.85 bits per heavy atom. The lowest BCUT2D eigenvalue weighted by atomic mass is 10.0. The molecule has 6 heteroatoms. The van der Waals surface area contributed by atoms with Gasteiger partial charge < -0.3 is 15.4 Å². The zero-order valence-electron chi connectivity index (χ0n) is 20.4. The SMILES string of the molecule is CC(C)[C@@H]1NC(=O)CCCCCCCCCCCC(=O)N[C@@H](Cc2ccccc2)COC1=O. The number of nitrogens with one attached hydrogen (secondary N) is 2. The van der Waals surface area contributed by atoms with Crippen molar-refractivity contribution in [3.8, 4) is 0 Å². The first-order valence-electron chi connectivity index (χ1n) is 12.7. The van der Waals surface area contributed by atoms with E-state index in [1.54, 1.807) is 0 Å². The minimum absolute atomic E-state index is 0.00454. The Balaban J connectivity index is 2.04. The monoisotopic (exact) mass is 458 g/mol. The molecule has 0 unspecified atom stereocenters. The van der Waals surface area contributed by atoms with Crippen LogP contribution in [-0.2, 0) is 25.5 Å². The highest BCUT2D eigenvalue weighted by atomic mass is 16.5. The van der Waals surface area contributed by atoms with Crippen molar-refractivity contribution in [1.82, 2.24) is 10.6 Å². The second-order valence-corrected chi connectivity index (χ2v) is 9.56. The van der Waals surface area contributed by atoms with Crippen LogP contribution in [0.15, 0.2) is 30.3 Å². The van der Waals surface area contributed by atoms with E-state index in [4.69, 9.17) is 4.74 Å². The first kappa shape index (κ1) is 26.9. The van der Waals surface area contributed by atoms with E-state index in [0.717, 1.165) is 44.1 Å². The number of amides is 2. The fourth-order valence-corrected chi connectivity index (χ4v) is 4.17. The maximum absolute atomic E-state index is 12.8. The van der Waals surface area contributed by atoms with E-state index >= 15 is 0 Å². The average Bonchev–Trinajstić information content (AvgIpc) is 2.79. The highest BCUT2D eigenvalue weighted by Crippen LogP contribution is 2.13. The Bertz CT molecular complexity index is 720. The van der Waals surface area contributed by atoms with Crippen LogP contribution in [0.4, 0.5) is 0 Å². The van der Waals surface area contributed by atoms with E-state index in [9.17, 15) is 14.4 Å². The van der Waals surface area contributed by atoms with E-state index < -0.39 is 12.0 Å². The van der Waals surface area contributed by atoms with Crippen molar-refractivity contribution in [3.05, 3.63) is 35.9 Å². The maximum atomic E-state index is 12.8. The van der Waals surface area contributed by atoms with Crippen LogP contribution in [0, 0.1) is 5.92 Å². The predicted octanol–water partition coefficient (Wildman–Crippen LogP) is 4.70. The number of benzene rings is 1. The molecule has 2 N–H and O–H groups in total. The molecule has 1 fully saturated rings. The summed E-state index contributed by atoms with van der Waals surface area (Å²) in [4.78, 5) is 37.7. The van der Waals surface area contributed by atoms with Crippen LogP contribution < -0.4 is 10.6 Å². The lowest BCUT2D eigenvalue weighted by Gasteiger charge is -2.24. The van der Waals surface area contributed by atoms with E-state index in [2.05, 4.69) is 10.6 Å². The van der Waals surface area contributed by atoms with Gasteiger partial charge in [-0.1, -0.05) is 89.1 Å². The van der Waals surface area contributed by atoms with Crippen molar-refractivity contribution in [2.24, 2.45) is 5.92 Å². The van der Waals surface area contributed by atoms with Crippen molar-refractivity contribution < 1.29 is 19.1 Å². The van der Waals surface area contributed by atoms with Crippen molar-refractivity contribution >= 4 is 17.8 Å².